The summed E-state index contributed by atoms with van der Waals surface area (Å²) in [4.78, 5) is 0. The van der Waals surface area contributed by atoms with Crippen LogP contribution >= 0.6 is 23.2 Å². The molecule has 0 aliphatic rings. The second kappa shape index (κ2) is 6.57. The van der Waals surface area contributed by atoms with E-state index >= 15 is 0 Å². The molecular weight excluding hydrogens is 297 g/mol. The van der Waals surface area contributed by atoms with Gasteiger partial charge in [-0.25, -0.2) is 0 Å². The van der Waals surface area contributed by atoms with Gasteiger partial charge in [0.25, 0.3) is 0 Å². The van der Waals surface area contributed by atoms with Crippen molar-refractivity contribution in [1.29, 1.82) is 0 Å². The Hall–Kier alpha value is -1.10. The summed E-state index contributed by atoms with van der Waals surface area (Å²) in [6.07, 6.45) is 0.608. The summed E-state index contributed by atoms with van der Waals surface area (Å²) in [6.45, 7) is 4.90. The van der Waals surface area contributed by atoms with Crippen molar-refractivity contribution in [2.45, 2.75) is 33.4 Å². The third-order valence-electron chi connectivity index (χ3n) is 2.94. The van der Waals surface area contributed by atoms with E-state index in [0.717, 1.165) is 17.9 Å². The minimum absolute atomic E-state index is 0.110. The number of rotatable bonds is 5. The Balaban J connectivity index is 2.28. The molecule has 1 aromatic carbocycles. The van der Waals surface area contributed by atoms with Crippen LogP contribution in [0.15, 0.2) is 18.2 Å². The van der Waals surface area contributed by atoms with Gasteiger partial charge < -0.3 is 9.67 Å². The average molecular weight is 314 g/mol. The predicted molar refractivity (Wildman–Crippen MR) is 80.1 cm³/mol. The highest BCUT2D eigenvalue weighted by Crippen LogP contribution is 2.24. The van der Waals surface area contributed by atoms with Gasteiger partial charge in [-0.15, -0.1) is 10.2 Å². The van der Waals surface area contributed by atoms with Gasteiger partial charge >= 0.3 is 0 Å². The summed E-state index contributed by atoms with van der Waals surface area (Å²) < 4.78 is 1.97. The lowest BCUT2D eigenvalue weighted by Gasteiger charge is -2.12. The maximum Gasteiger partial charge on any atom is 0.158 e. The Morgan fingerprint density at radius 2 is 1.85 bits per heavy atom. The van der Waals surface area contributed by atoms with Crippen LogP contribution in [0, 0.1) is 5.92 Å². The van der Waals surface area contributed by atoms with Crippen LogP contribution in [0.3, 0.4) is 0 Å². The fourth-order valence-electron chi connectivity index (χ4n) is 2.03. The fourth-order valence-corrected chi connectivity index (χ4v) is 2.35. The van der Waals surface area contributed by atoms with Gasteiger partial charge in [0.05, 0.1) is 10.0 Å². The molecule has 2 aromatic rings. The Labute approximate surface area is 128 Å². The molecule has 4 nitrogen and oxygen atoms in total. The van der Waals surface area contributed by atoms with Crippen LogP contribution in [0.25, 0.3) is 0 Å². The van der Waals surface area contributed by atoms with Crippen LogP contribution in [-0.4, -0.2) is 19.9 Å². The minimum atomic E-state index is -0.110. The van der Waals surface area contributed by atoms with Gasteiger partial charge in [-0.2, -0.15) is 0 Å². The highest BCUT2D eigenvalue weighted by atomic mass is 35.5. The molecule has 20 heavy (non-hydrogen) atoms. The van der Waals surface area contributed by atoms with E-state index in [4.69, 9.17) is 23.2 Å². The maximum absolute atomic E-state index is 9.33. The van der Waals surface area contributed by atoms with Crippen molar-refractivity contribution in [3.8, 4) is 0 Å². The van der Waals surface area contributed by atoms with Crippen LogP contribution < -0.4 is 0 Å². The van der Waals surface area contributed by atoms with Crippen molar-refractivity contribution in [1.82, 2.24) is 14.8 Å². The van der Waals surface area contributed by atoms with E-state index < -0.39 is 0 Å². The van der Waals surface area contributed by atoms with Crippen LogP contribution in [0.1, 0.15) is 31.1 Å². The number of hydrogen-bond donors (Lipinski definition) is 1. The molecule has 0 aliphatic carbocycles. The lowest BCUT2D eigenvalue weighted by atomic mass is 10.1. The summed E-state index contributed by atoms with van der Waals surface area (Å²) in [7, 11) is 0. The molecule has 1 heterocycles. The highest BCUT2D eigenvalue weighted by molar-refractivity contribution is 6.42. The van der Waals surface area contributed by atoms with Crippen LogP contribution in [-0.2, 0) is 19.6 Å². The normalized spacial score (nSPS) is 11.3. The van der Waals surface area contributed by atoms with Crippen molar-refractivity contribution in [3.05, 3.63) is 45.5 Å². The highest BCUT2D eigenvalue weighted by Gasteiger charge is 2.13. The number of benzene rings is 1. The van der Waals surface area contributed by atoms with E-state index in [1.54, 1.807) is 6.07 Å². The van der Waals surface area contributed by atoms with Crippen molar-refractivity contribution in [3.63, 3.8) is 0 Å². The van der Waals surface area contributed by atoms with Crippen LogP contribution in [0.2, 0.25) is 10.0 Å². The Morgan fingerprint density at radius 3 is 2.45 bits per heavy atom. The minimum Gasteiger partial charge on any atom is -0.388 e. The lowest BCUT2D eigenvalue weighted by molar-refractivity contribution is 0.261. The molecule has 0 fully saturated rings. The molecule has 0 atom stereocenters. The first kappa shape index (κ1) is 15.3. The van der Waals surface area contributed by atoms with E-state index in [0.29, 0.717) is 28.2 Å². The number of nitrogens with zero attached hydrogens (tertiary/aromatic N) is 3. The summed E-state index contributed by atoms with van der Waals surface area (Å²) >= 11 is 11.9. The van der Waals surface area contributed by atoms with Gasteiger partial charge in [-0.3, -0.25) is 0 Å². The largest absolute Gasteiger partial charge is 0.388 e. The predicted octanol–water partition coefficient (Wildman–Crippen LogP) is 3.32. The Bertz CT molecular complexity index is 596. The average Bonchev–Trinajstić information content (AvgIpc) is 2.76. The number of aromatic nitrogens is 3. The van der Waals surface area contributed by atoms with Gasteiger partial charge in [0, 0.05) is 13.0 Å². The summed E-state index contributed by atoms with van der Waals surface area (Å²) in [5.74, 6) is 1.86. The molecule has 108 valence electrons. The third-order valence-corrected chi connectivity index (χ3v) is 3.68. The summed E-state index contributed by atoms with van der Waals surface area (Å²) in [6, 6.07) is 5.52. The number of hydrogen-bond acceptors (Lipinski definition) is 3. The van der Waals surface area contributed by atoms with E-state index in [1.165, 1.54) is 0 Å². The third kappa shape index (κ3) is 3.51. The first-order valence-corrected chi connectivity index (χ1v) is 7.22. The second-order valence-electron chi connectivity index (χ2n) is 5.12. The van der Waals surface area contributed by atoms with Crippen molar-refractivity contribution < 1.29 is 5.11 Å². The molecule has 0 amide bonds. The molecule has 1 N–H and O–H groups in total. The molecule has 0 saturated heterocycles. The van der Waals surface area contributed by atoms with Crippen LogP contribution in [0.5, 0.6) is 0 Å². The summed E-state index contributed by atoms with van der Waals surface area (Å²) in [5, 5.41) is 18.6. The summed E-state index contributed by atoms with van der Waals surface area (Å²) in [5.41, 5.74) is 1.02. The quantitative estimate of drug-likeness (QED) is 0.921. The van der Waals surface area contributed by atoms with Crippen LogP contribution in [0.4, 0.5) is 0 Å². The molecule has 6 heteroatoms. The van der Waals surface area contributed by atoms with Gasteiger partial charge in [0.2, 0.25) is 0 Å². The zero-order chi connectivity index (χ0) is 14.7. The lowest BCUT2D eigenvalue weighted by Crippen LogP contribution is -2.12. The zero-order valence-corrected chi connectivity index (χ0v) is 13.0. The first-order valence-electron chi connectivity index (χ1n) is 6.47. The van der Waals surface area contributed by atoms with E-state index in [9.17, 15) is 5.11 Å². The first-order chi connectivity index (χ1) is 9.51. The van der Waals surface area contributed by atoms with Gasteiger partial charge in [-0.05, 0) is 23.6 Å². The second-order valence-corrected chi connectivity index (χ2v) is 5.93. The standard InChI is InChI=1S/C14H17Cl2N3O/c1-9(2)7-19-13(17-18-14(19)8-20)6-10-3-4-11(15)12(16)5-10/h3-5,9,20H,6-8H2,1-2H3. The van der Waals surface area contributed by atoms with E-state index in [2.05, 4.69) is 24.0 Å². The maximum atomic E-state index is 9.33. The van der Waals surface area contributed by atoms with Crippen molar-refractivity contribution >= 4 is 23.2 Å². The molecule has 0 spiro atoms. The Kier molecular flexibility index (Phi) is 5.02. The zero-order valence-electron chi connectivity index (χ0n) is 11.5. The Morgan fingerprint density at radius 1 is 1.15 bits per heavy atom. The fraction of sp³-hybridized carbons (Fsp3) is 0.429. The number of aliphatic hydroxyl groups is 1. The van der Waals surface area contributed by atoms with Gasteiger partial charge in [-0.1, -0.05) is 43.1 Å². The van der Waals surface area contributed by atoms with E-state index in [1.807, 2.05) is 16.7 Å². The van der Waals surface area contributed by atoms with Crippen molar-refractivity contribution in [2.24, 2.45) is 5.92 Å². The van der Waals surface area contributed by atoms with E-state index in [-0.39, 0.29) is 6.61 Å². The molecule has 0 bridgehead atoms. The molecule has 2 rings (SSSR count). The SMILES string of the molecule is CC(C)Cn1c(CO)nnc1Cc1ccc(Cl)c(Cl)c1. The number of aliphatic hydroxyl groups excluding tert-OH is 1. The van der Waals surface area contributed by atoms with Gasteiger partial charge in [0.15, 0.2) is 5.82 Å². The molecule has 0 unspecified atom stereocenters. The molecule has 0 radical (unpaired) electrons. The number of halogens is 2. The molecule has 1 aromatic heterocycles. The topological polar surface area (TPSA) is 50.9 Å². The smallest absolute Gasteiger partial charge is 0.158 e. The molecule has 0 saturated carbocycles. The van der Waals surface area contributed by atoms with Crippen molar-refractivity contribution in [2.75, 3.05) is 0 Å². The monoisotopic (exact) mass is 313 g/mol. The molecular formula is C14H17Cl2N3O. The van der Waals surface area contributed by atoms with Gasteiger partial charge in [0.1, 0.15) is 12.4 Å². The molecule has 0 aliphatic heterocycles.